The molecule has 1 rings (SSSR count). The molecule has 15 amide bonds. The highest BCUT2D eigenvalue weighted by Crippen LogP contribution is 2.21. The predicted molar refractivity (Wildman–Crippen MR) is 410 cm³/mol. The zero-order valence-corrected chi connectivity index (χ0v) is 65.3. The maximum atomic E-state index is 14.2. The van der Waals surface area contributed by atoms with Crippen LogP contribution in [0.1, 0.15) is 139 Å². The molecule has 0 unspecified atom stereocenters. The van der Waals surface area contributed by atoms with Crippen LogP contribution in [0, 0.1) is 17.8 Å². The highest BCUT2D eigenvalue weighted by Gasteiger charge is 2.41. The Morgan fingerprint density at radius 3 is 1.12 bits per heavy atom. The fourth-order valence-electron chi connectivity index (χ4n) is 10.6. The number of guanidine groups is 4. The average molecular weight is 1610 g/mol. The van der Waals surface area contributed by atoms with Crippen molar-refractivity contribution >= 4 is 124 Å². The molecule has 0 bridgehead atoms. The summed E-state index contributed by atoms with van der Waals surface area (Å²) in [5.41, 5.74) is 49.6. The number of nitrogens with one attached hydrogen (secondary N) is 14. The fourth-order valence-corrected chi connectivity index (χ4v) is 10.6. The number of aliphatic imine (C=N–C) groups is 4. The summed E-state index contributed by atoms with van der Waals surface area (Å²) in [6, 6.07) is -16.8. The van der Waals surface area contributed by atoms with E-state index in [2.05, 4.69) is 94.4 Å². The van der Waals surface area contributed by atoms with Crippen molar-refractivity contribution in [3.63, 3.8) is 0 Å². The Hall–Kier alpha value is -12.0. The van der Waals surface area contributed by atoms with Gasteiger partial charge in [-0.15, -0.1) is 0 Å². The molecule has 13 atom stereocenters. The molecule has 0 saturated carbocycles. The number of nitrogens with two attached hydrogens (primary N) is 9. The predicted octanol–water partition coefficient (Wildman–Crippen LogP) is -11.2. The number of hydrogen-bond donors (Lipinski definition) is 25. The minimum atomic E-state index is -1.96. The van der Waals surface area contributed by atoms with Crippen LogP contribution in [0.4, 0.5) is 0 Å². The summed E-state index contributed by atoms with van der Waals surface area (Å²) in [7, 11) is 0. The lowest BCUT2D eigenvalue weighted by Crippen LogP contribution is -2.60. The van der Waals surface area contributed by atoms with Crippen LogP contribution >= 0.6 is 0 Å². The summed E-state index contributed by atoms with van der Waals surface area (Å²) in [5.74, 6) is -18.7. The van der Waals surface area contributed by atoms with E-state index in [-0.39, 0.29) is 120 Å². The van der Waals surface area contributed by atoms with Crippen molar-refractivity contribution in [3.05, 3.63) is 0 Å². The topological polar surface area (TPSA) is 786 Å². The summed E-state index contributed by atoms with van der Waals surface area (Å²) >= 11 is 0. The molecule has 113 heavy (non-hydrogen) atoms. The van der Waals surface area contributed by atoms with Crippen molar-refractivity contribution in [2.75, 3.05) is 58.9 Å². The van der Waals surface area contributed by atoms with Crippen molar-refractivity contribution < 1.29 is 91.7 Å². The Balaban J connectivity index is 3.20. The lowest BCUT2D eigenvalue weighted by molar-refractivity contribution is -0.143. The van der Waals surface area contributed by atoms with Gasteiger partial charge >= 0.3 is 11.9 Å². The summed E-state index contributed by atoms with van der Waals surface area (Å²) in [4.78, 5) is 242. The van der Waals surface area contributed by atoms with Crippen LogP contribution in [0.25, 0.3) is 0 Å². The first-order chi connectivity index (χ1) is 52.9. The van der Waals surface area contributed by atoms with Crippen molar-refractivity contribution in [2.24, 2.45) is 89.3 Å². The molecule has 0 aliphatic carbocycles. The highest BCUT2D eigenvalue weighted by molar-refractivity contribution is 6.00. The van der Waals surface area contributed by atoms with Gasteiger partial charge in [0.1, 0.15) is 66.5 Å². The molecule has 0 aromatic heterocycles. The molecular weight excluding hydrogens is 1490 g/mol. The quantitative estimate of drug-likeness (QED) is 0.0153. The normalized spacial score (nSPS) is 15.4. The minimum Gasteiger partial charge on any atom is -0.481 e. The Morgan fingerprint density at radius 2 is 0.735 bits per heavy atom. The molecule has 1 aliphatic rings. The van der Waals surface area contributed by atoms with Gasteiger partial charge in [-0.3, -0.25) is 96.7 Å². The lowest BCUT2D eigenvalue weighted by atomic mass is 9.97. The van der Waals surface area contributed by atoms with Crippen LogP contribution in [0.2, 0.25) is 0 Å². The second-order valence-electron chi connectivity index (χ2n) is 27.4. The number of carboxylic acid groups (broad SMARTS) is 2. The van der Waals surface area contributed by atoms with Crippen molar-refractivity contribution in [1.29, 1.82) is 0 Å². The van der Waals surface area contributed by atoms with Gasteiger partial charge < -0.3 is 141 Å². The first-order valence-electron chi connectivity index (χ1n) is 36.7. The Morgan fingerprint density at radius 1 is 0.398 bits per heavy atom. The van der Waals surface area contributed by atoms with Crippen LogP contribution in [-0.2, 0) is 81.5 Å². The number of carbonyl (C=O) groups excluding carboxylic acids is 15. The van der Waals surface area contributed by atoms with E-state index < -0.39 is 217 Å². The first kappa shape index (κ1) is 99.0. The van der Waals surface area contributed by atoms with E-state index in [1.54, 1.807) is 34.6 Å². The Kier molecular flexibility index (Phi) is 45.1. The zero-order valence-electron chi connectivity index (χ0n) is 65.3. The third-order valence-corrected chi connectivity index (χ3v) is 17.2. The van der Waals surface area contributed by atoms with Gasteiger partial charge in [0, 0.05) is 32.7 Å². The molecule has 34 N–H and O–H groups in total. The maximum Gasteiger partial charge on any atom is 0.326 e. The van der Waals surface area contributed by atoms with Crippen LogP contribution < -0.4 is 126 Å². The number of amides is 15. The van der Waals surface area contributed by atoms with Crippen LogP contribution in [0.5, 0.6) is 0 Å². The van der Waals surface area contributed by atoms with Crippen molar-refractivity contribution in [2.45, 2.75) is 212 Å². The SMILES string of the molecule is CC[C@H](C)[C@H](N)C(=O)N[C@H](C(=O)N[C@@H](CCCN=C(N)N)C(=O)N[C@@H](CCCN=C(N)N)C(=O)N[C@@H](C)C(=O)N[C@@H](CC(=O)O)C(=O)N[C@@H](CCCN=C(N)N)C(=O)N[C@@H](C)C(=O)N[C@@H](C)C(=O)N[C@H](C(=O)N1CCC[C@H]1C(=O)NCC(=O)NCC(=O)NCC(=O)NCC(=O)N[C@@H](CCCN=C(N)N)C(=O)O)C(C)C)C(C)C. The molecule has 47 heteroatoms. The van der Waals surface area contributed by atoms with Gasteiger partial charge in [0.15, 0.2) is 23.8 Å². The van der Waals surface area contributed by atoms with Gasteiger partial charge in [-0.2, -0.15) is 0 Å². The fraction of sp³-hybridized carbons (Fsp3) is 0.682. The van der Waals surface area contributed by atoms with E-state index in [1.165, 1.54) is 18.7 Å². The number of aliphatic carboxylic acids is 2. The van der Waals surface area contributed by atoms with Crippen LogP contribution in [0.3, 0.4) is 0 Å². The third kappa shape index (κ3) is 39.5. The number of carbonyl (C=O) groups is 17. The van der Waals surface area contributed by atoms with Gasteiger partial charge in [-0.25, -0.2) is 4.79 Å². The van der Waals surface area contributed by atoms with E-state index in [0.29, 0.717) is 12.8 Å². The molecule has 0 radical (unpaired) electrons. The van der Waals surface area contributed by atoms with E-state index in [0.717, 1.165) is 6.92 Å². The summed E-state index contributed by atoms with van der Waals surface area (Å²) in [6.45, 7) is 11.2. The maximum absolute atomic E-state index is 14.2. The number of carboxylic acids is 2. The first-order valence-corrected chi connectivity index (χ1v) is 36.7. The largest absolute Gasteiger partial charge is 0.481 e. The number of likely N-dealkylation sites (tertiary alicyclic amines) is 1. The van der Waals surface area contributed by atoms with Gasteiger partial charge in [-0.05, 0) is 103 Å². The van der Waals surface area contributed by atoms with Gasteiger partial charge in [0.25, 0.3) is 0 Å². The molecular formula is C66H118N28O19. The lowest BCUT2D eigenvalue weighted by Gasteiger charge is -2.31. The summed E-state index contributed by atoms with van der Waals surface area (Å²) < 4.78 is 0. The molecule has 636 valence electrons. The molecule has 1 aliphatic heterocycles. The molecule has 1 saturated heterocycles. The molecule has 0 spiro atoms. The van der Waals surface area contributed by atoms with Gasteiger partial charge in [0.05, 0.1) is 38.6 Å². The molecule has 47 nitrogen and oxygen atoms in total. The van der Waals surface area contributed by atoms with E-state index in [9.17, 15) is 91.7 Å². The molecule has 1 fully saturated rings. The zero-order chi connectivity index (χ0) is 85.9. The second kappa shape index (κ2) is 51.5. The highest BCUT2D eigenvalue weighted by atomic mass is 16.4. The van der Waals surface area contributed by atoms with Crippen LogP contribution in [0.15, 0.2) is 20.0 Å². The average Bonchev–Trinajstić information content (AvgIpc) is 1.73. The van der Waals surface area contributed by atoms with Crippen molar-refractivity contribution in [3.8, 4) is 0 Å². The minimum absolute atomic E-state index is 0.0107. The van der Waals surface area contributed by atoms with E-state index in [1.807, 2.05) is 6.92 Å². The third-order valence-electron chi connectivity index (χ3n) is 17.2. The van der Waals surface area contributed by atoms with Crippen LogP contribution in [-0.4, -0.2) is 271 Å². The standard InChI is InChI=1S/C66H118N28O19/c1-10-33(6)48(67)59(109)92-49(31(2)3)60(110)90-39(18-13-23-78-65(72)73)56(106)88-37(16-11-21-76-63(68)69)54(104)86-35(8)52(102)91-41(26-47(99)100)57(107)89-38(17-12-22-77-64(70)71)55(105)85-34(7)51(101)84-36(9)53(103)93-50(32(4)5)61(111)94-25-15-20-42(94)58(108)83-29-45(97)81-27-43(95)80-28-44(96)82-30-46(98)87-40(62(112)113)19-14-24-79-66(74)75/h31-42,48-50H,10-30,67H2,1-9H3,(H,80,95)(H,81,97)(H,82,96)(H,83,108)(H,84,101)(H,85,105)(H,86,104)(H,87,98)(H,88,106)(H,89,107)(H,90,110)(H,91,102)(H,92,109)(H,93,103)(H,99,100)(H,112,113)(H4,68,69,76)(H4,70,71,77)(H4,72,73,78)(H4,74,75,79)/t33-,34-,35-,36-,37-,38-,39-,40-,41-,42-,48-,49-,50-/m0/s1. The second-order valence-corrected chi connectivity index (χ2v) is 27.4. The van der Waals surface area contributed by atoms with E-state index >= 15 is 0 Å². The smallest absolute Gasteiger partial charge is 0.326 e. The molecule has 1 heterocycles. The molecule has 0 aromatic rings. The van der Waals surface area contributed by atoms with Gasteiger partial charge in [-0.1, -0.05) is 48.0 Å². The number of rotatable bonds is 52. The van der Waals surface area contributed by atoms with Gasteiger partial charge in [0.2, 0.25) is 88.6 Å². The Bertz CT molecular complexity index is 3410. The monoisotopic (exact) mass is 1610 g/mol. The summed E-state index contributed by atoms with van der Waals surface area (Å²) in [5, 5.41) is 53.0. The Labute approximate surface area is 653 Å². The van der Waals surface area contributed by atoms with E-state index in [4.69, 9.17) is 51.6 Å². The number of hydrogen-bond acceptors (Lipinski definition) is 22. The number of nitrogens with zero attached hydrogens (tertiary/aromatic N) is 5. The summed E-state index contributed by atoms with van der Waals surface area (Å²) in [6.07, 6.45) is -0.235. The van der Waals surface area contributed by atoms with Crippen molar-refractivity contribution in [1.82, 2.24) is 79.3 Å². The molecule has 0 aromatic carbocycles.